The van der Waals surface area contributed by atoms with Crippen LogP contribution in [0.1, 0.15) is 45.6 Å². The van der Waals surface area contributed by atoms with Gasteiger partial charge in [-0.25, -0.2) is 0 Å². The Morgan fingerprint density at radius 2 is 1.97 bits per heavy atom. The number of carbonyl (C=O) groups excluding carboxylic acids is 1. The van der Waals surface area contributed by atoms with Crippen LogP contribution in [0.2, 0.25) is 0 Å². The standard InChI is InChI=1S/C29H34N4O2S/c1-18-6-7-23(33-24-15-30-16-24)14-27(18)29(35)32-19(2)20-4-3-5-21(12-20)28-11-10-26(36-28)17-31-22-8-9-25(34)13-22/h3-7,10-12,14,22,24-25,30-31,33-34H,2,8-9,13,15-17H2,1H3,(H,32,35)/t22-,25-/m0/s1. The average molecular weight is 503 g/mol. The zero-order valence-electron chi connectivity index (χ0n) is 20.6. The Kier molecular flexibility index (Phi) is 7.53. The van der Waals surface area contributed by atoms with E-state index in [1.165, 1.54) is 9.75 Å². The van der Waals surface area contributed by atoms with Crippen LogP contribution < -0.4 is 21.3 Å². The van der Waals surface area contributed by atoms with E-state index in [0.717, 1.165) is 61.3 Å². The number of rotatable bonds is 9. The van der Waals surface area contributed by atoms with Crippen LogP contribution in [0.3, 0.4) is 0 Å². The van der Waals surface area contributed by atoms with Crippen LogP contribution in [0.15, 0.2) is 61.2 Å². The van der Waals surface area contributed by atoms with E-state index in [0.29, 0.717) is 23.3 Å². The Morgan fingerprint density at radius 3 is 2.72 bits per heavy atom. The van der Waals surface area contributed by atoms with Crippen molar-refractivity contribution in [3.8, 4) is 10.4 Å². The smallest absolute Gasteiger partial charge is 0.256 e. The van der Waals surface area contributed by atoms with Crippen molar-refractivity contribution < 1.29 is 9.90 Å². The molecule has 0 bridgehead atoms. The molecule has 7 heteroatoms. The third kappa shape index (κ3) is 5.87. The Bertz CT molecular complexity index is 1250. The van der Waals surface area contributed by atoms with Crippen molar-refractivity contribution in [2.45, 2.75) is 50.9 Å². The first-order chi connectivity index (χ1) is 17.4. The third-order valence-corrected chi connectivity index (χ3v) is 8.16. The summed E-state index contributed by atoms with van der Waals surface area (Å²) in [4.78, 5) is 15.5. The molecule has 1 aliphatic heterocycles. The van der Waals surface area contributed by atoms with Gasteiger partial charge in [0.2, 0.25) is 0 Å². The van der Waals surface area contributed by atoms with E-state index in [1.54, 1.807) is 11.3 Å². The third-order valence-electron chi connectivity index (χ3n) is 7.03. The summed E-state index contributed by atoms with van der Waals surface area (Å²) in [6.45, 7) is 8.79. The zero-order valence-corrected chi connectivity index (χ0v) is 21.5. The fourth-order valence-corrected chi connectivity index (χ4v) is 5.69. The Morgan fingerprint density at radius 1 is 1.11 bits per heavy atom. The normalized spacial score (nSPS) is 19.6. The highest BCUT2D eigenvalue weighted by atomic mass is 32.1. The van der Waals surface area contributed by atoms with Crippen LogP contribution in [0, 0.1) is 6.92 Å². The van der Waals surface area contributed by atoms with Crippen LogP contribution in [0.4, 0.5) is 5.69 Å². The van der Waals surface area contributed by atoms with Crippen molar-refractivity contribution in [2.24, 2.45) is 0 Å². The molecule has 1 saturated heterocycles. The molecular weight excluding hydrogens is 468 g/mol. The van der Waals surface area contributed by atoms with E-state index in [2.05, 4.69) is 52.1 Å². The quantitative estimate of drug-likeness (QED) is 0.297. The minimum Gasteiger partial charge on any atom is -0.393 e. The maximum absolute atomic E-state index is 13.1. The van der Waals surface area contributed by atoms with Gasteiger partial charge in [-0.3, -0.25) is 4.79 Å². The highest BCUT2D eigenvalue weighted by Gasteiger charge is 2.22. The molecule has 0 spiro atoms. The highest BCUT2D eigenvalue weighted by molar-refractivity contribution is 7.15. The molecule has 5 N–H and O–H groups in total. The van der Waals surface area contributed by atoms with Crippen LogP contribution in [0.5, 0.6) is 0 Å². The highest BCUT2D eigenvalue weighted by Crippen LogP contribution is 2.30. The Labute approximate surface area is 216 Å². The van der Waals surface area contributed by atoms with Crippen LogP contribution >= 0.6 is 11.3 Å². The van der Waals surface area contributed by atoms with Crippen molar-refractivity contribution in [3.05, 3.63) is 82.7 Å². The molecule has 1 aliphatic carbocycles. The topological polar surface area (TPSA) is 85.4 Å². The molecule has 2 aliphatic rings. The Hall–Kier alpha value is -2.97. The van der Waals surface area contributed by atoms with Crippen LogP contribution in [-0.4, -0.2) is 42.3 Å². The van der Waals surface area contributed by atoms with Crippen molar-refractivity contribution in [1.82, 2.24) is 16.0 Å². The lowest BCUT2D eigenvalue weighted by Crippen LogP contribution is -2.51. The molecule has 2 aromatic carbocycles. The molecule has 3 aromatic rings. The molecule has 1 amide bonds. The molecule has 6 nitrogen and oxygen atoms in total. The average Bonchev–Trinajstić information content (AvgIpc) is 3.50. The second kappa shape index (κ2) is 11.0. The van der Waals surface area contributed by atoms with E-state index in [1.807, 2.05) is 37.3 Å². The number of anilines is 1. The molecule has 188 valence electrons. The van der Waals surface area contributed by atoms with Gasteiger partial charge in [0, 0.05) is 52.4 Å². The largest absolute Gasteiger partial charge is 0.393 e. The van der Waals surface area contributed by atoms with Gasteiger partial charge in [-0.2, -0.15) is 0 Å². The minimum absolute atomic E-state index is 0.153. The summed E-state index contributed by atoms with van der Waals surface area (Å²) < 4.78 is 0. The predicted molar refractivity (Wildman–Crippen MR) is 148 cm³/mol. The van der Waals surface area contributed by atoms with Gasteiger partial charge in [0.05, 0.1) is 12.1 Å². The summed E-state index contributed by atoms with van der Waals surface area (Å²) in [6, 6.07) is 19.2. The minimum atomic E-state index is -0.160. The number of aliphatic hydroxyl groups excluding tert-OH is 1. The second-order valence-corrected chi connectivity index (χ2v) is 11.0. The zero-order chi connectivity index (χ0) is 25.1. The molecule has 0 radical (unpaired) electrons. The Balaban J connectivity index is 1.22. The van der Waals surface area contributed by atoms with E-state index in [4.69, 9.17) is 0 Å². The molecule has 0 unspecified atom stereocenters. The van der Waals surface area contributed by atoms with E-state index in [-0.39, 0.29) is 12.0 Å². The number of hydrogen-bond acceptors (Lipinski definition) is 6. The first kappa shape index (κ1) is 24.7. The SMILES string of the molecule is C=C(NC(=O)c1cc(NC2CNC2)ccc1C)c1cccc(-c2ccc(CN[C@H]3CC[C@H](O)C3)s2)c1. The van der Waals surface area contributed by atoms with Gasteiger partial charge < -0.3 is 26.4 Å². The maximum atomic E-state index is 13.1. The number of benzene rings is 2. The monoisotopic (exact) mass is 502 g/mol. The molecule has 2 heterocycles. The first-order valence-corrected chi connectivity index (χ1v) is 13.5. The second-order valence-electron chi connectivity index (χ2n) is 9.85. The van der Waals surface area contributed by atoms with Gasteiger partial charge in [0.25, 0.3) is 5.91 Å². The van der Waals surface area contributed by atoms with Crippen molar-refractivity contribution in [2.75, 3.05) is 18.4 Å². The molecule has 2 fully saturated rings. The molecule has 36 heavy (non-hydrogen) atoms. The molecule has 5 rings (SSSR count). The van der Waals surface area contributed by atoms with Crippen molar-refractivity contribution >= 4 is 28.6 Å². The number of aliphatic hydroxyl groups is 1. The molecule has 2 atom stereocenters. The molecule has 1 aromatic heterocycles. The van der Waals surface area contributed by atoms with Gasteiger partial charge in [-0.05, 0) is 73.2 Å². The summed E-state index contributed by atoms with van der Waals surface area (Å²) in [5, 5.41) is 23.0. The lowest BCUT2D eigenvalue weighted by Gasteiger charge is -2.29. The number of hydrogen-bond donors (Lipinski definition) is 5. The number of carbonyl (C=O) groups is 1. The predicted octanol–water partition coefficient (Wildman–Crippen LogP) is 4.51. The van der Waals surface area contributed by atoms with Crippen LogP contribution in [0.25, 0.3) is 16.1 Å². The van der Waals surface area contributed by atoms with Crippen molar-refractivity contribution in [1.29, 1.82) is 0 Å². The van der Waals surface area contributed by atoms with Gasteiger partial charge >= 0.3 is 0 Å². The van der Waals surface area contributed by atoms with Gasteiger partial charge in [0.15, 0.2) is 0 Å². The number of nitrogens with one attached hydrogen (secondary N) is 4. The summed E-state index contributed by atoms with van der Waals surface area (Å²) in [6.07, 6.45) is 2.60. The summed E-state index contributed by atoms with van der Waals surface area (Å²) in [7, 11) is 0. The molecule has 1 saturated carbocycles. The van der Waals surface area contributed by atoms with Gasteiger partial charge in [-0.15, -0.1) is 11.3 Å². The number of amides is 1. The maximum Gasteiger partial charge on any atom is 0.256 e. The fourth-order valence-electron chi connectivity index (χ4n) is 4.74. The fraction of sp³-hybridized carbons (Fsp3) is 0.345. The van der Waals surface area contributed by atoms with E-state index >= 15 is 0 Å². The lowest BCUT2D eigenvalue weighted by atomic mass is 10.0. The number of thiophene rings is 1. The van der Waals surface area contributed by atoms with E-state index in [9.17, 15) is 9.90 Å². The summed E-state index contributed by atoms with van der Waals surface area (Å²) in [5.41, 5.74) is 5.11. The van der Waals surface area contributed by atoms with Gasteiger partial charge in [-0.1, -0.05) is 30.8 Å². The summed E-state index contributed by atoms with van der Waals surface area (Å²) in [5.74, 6) is -0.153. The number of aryl methyl sites for hydroxylation is 1. The lowest BCUT2D eigenvalue weighted by molar-refractivity contribution is 0.0973. The molecular formula is C29H34N4O2S. The van der Waals surface area contributed by atoms with E-state index < -0.39 is 0 Å². The van der Waals surface area contributed by atoms with Crippen molar-refractivity contribution in [3.63, 3.8) is 0 Å². The van der Waals surface area contributed by atoms with Gasteiger partial charge in [0.1, 0.15) is 0 Å². The summed E-state index contributed by atoms with van der Waals surface area (Å²) >= 11 is 1.76. The first-order valence-electron chi connectivity index (χ1n) is 12.6. The van der Waals surface area contributed by atoms with Crippen LogP contribution in [-0.2, 0) is 6.54 Å².